The highest BCUT2D eigenvalue weighted by Gasteiger charge is 2.33. The second kappa shape index (κ2) is 9.51. The molecule has 2 amide bonds. The fraction of sp³-hybridized carbons (Fsp3) is 0.348. The molecule has 8 heteroatoms. The van der Waals surface area contributed by atoms with Gasteiger partial charge in [0.1, 0.15) is 6.04 Å². The number of carbonyl (C=O) groups is 2. The molecule has 1 aliphatic heterocycles. The van der Waals surface area contributed by atoms with Crippen LogP contribution in [0.4, 0.5) is 0 Å². The van der Waals surface area contributed by atoms with E-state index in [0.29, 0.717) is 25.3 Å². The first-order chi connectivity index (χ1) is 15.2. The lowest BCUT2D eigenvalue weighted by Gasteiger charge is -2.24. The van der Waals surface area contributed by atoms with Crippen molar-refractivity contribution >= 4 is 11.8 Å². The van der Waals surface area contributed by atoms with Gasteiger partial charge in [-0.1, -0.05) is 55.5 Å². The van der Waals surface area contributed by atoms with Crippen molar-refractivity contribution in [2.45, 2.75) is 45.2 Å². The molecule has 31 heavy (non-hydrogen) atoms. The van der Waals surface area contributed by atoms with E-state index in [4.69, 9.17) is 0 Å². The fourth-order valence-corrected chi connectivity index (χ4v) is 4.01. The van der Waals surface area contributed by atoms with Crippen molar-refractivity contribution in [3.05, 3.63) is 54.1 Å². The van der Waals surface area contributed by atoms with Crippen LogP contribution in [-0.2, 0) is 16.1 Å². The Kier molecular flexibility index (Phi) is 6.35. The molecule has 0 aliphatic carbocycles. The minimum Gasteiger partial charge on any atom is -0.350 e. The molecule has 0 saturated carbocycles. The Morgan fingerprint density at radius 3 is 2.61 bits per heavy atom. The molecular weight excluding hydrogens is 392 g/mol. The highest BCUT2D eigenvalue weighted by molar-refractivity contribution is 5.88. The molecule has 1 aromatic heterocycles. The summed E-state index contributed by atoms with van der Waals surface area (Å²) in [6, 6.07) is 15.6. The summed E-state index contributed by atoms with van der Waals surface area (Å²) >= 11 is 0. The van der Waals surface area contributed by atoms with Crippen LogP contribution in [0.2, 0.25) is 0 Å². The van der Waals surface area contributed by atoms with E-state index in [0.717, 1.165) is 41.5 Å². The first kappa shape index (κ1) is 20.7. The molecule has 0 spiro atoms. The van der Waals surface area contributed by atoms with Crippen molar-refractivity contribution in [3.8, 4) is 22.5 Å². The third-order valence-corrected chi connectivity index (χ3v) is 5.58. The number of nitrogens with one attached hydrogen (secondary N) is 2. The molecule has 2 heterocycles. The molecule has 4 rings (SSSR count). The summed E-state index contributed by atoms with van der Waals surface area (Å²) in [6.07, 6.45) is 2.90. The van der Waals surface area contributed by atoms with Crippen molar-refractivity contribution in [2.75, 3.05) is 6.54 Å². The zero-order valence-electron chi connectivity index (χ0n) is 17.5. The standard InChI is InChI=1S/C23H26N6O2/c1-2-6-21(30)29-14-5-9-20(29)23(31)24-15-16-10-12-17(13-11-16)18-7-3-4-8-19(18)22-25-27-28-26-22/h3-4,7-8,10-13,20H,2,5-6,9,14-15H2,1H3,(H,24,31)(H,25,26,27,28). The van der Waals surface area contributed by atoms with Gasteiger partial charge in [0.15, 0.2) is 0 Å². The lowest BCUT2D eigenvalue weighted by molar-refractivity contribution is -0.138. The van der Waals surface area contributed by atoms with Gasteiger partial charge < -0.3 is 10.2 Å². The van der Waals surface area contributed by atoms with Crippen LogP contribution in [-0.4, -0.2) is 49.9 Å². The summed E-state index contributed by atoms with van der Waals surface area (Å²) in [7, 11) is 0. The summed E-state index contributed by atoms with van der Waals surface area (Å²) < 4.78 is 0. The quantitative estimate of drug-likeness (QED) is 0.614. The lowest BCUT2D eigenvalue weighted by atomic mass is 9.98. The van der Waals surface area contributed by atoms with Crippen LogP contribution >= 0.6 is 0 Å². The molecule has 1 unspecified atom stereocenters. The number of likely N-dealkylation sites (tertiary alicyclic amines) is 1. The Morgan fingerprint density at radius 2 is 1.90 bits per heavy atom. The number of aromatic amines is 1. The number of amides is 2. The zero-order chi connectivity index (χ0) is 21.6. The maximum absolute atomic E-state index is 12.7. The average Bonchev–Trinajstić information content (AvgIpc) is 3.50. The first-order valence-corrected chi connectivity index (χ1v) is 10.7. The Balaban J connectivity index is 1.41. The van der Waals surface area contributed by atoms with Gasteiger partial charge in [-0.3, -0.25) is 9.59 Å². The highest BCUT2D eigenvalue weighted by Crippen LogP contribution is 2.29. The average molecular weight is 419 g/mol. The van der Waals surface area contributed by atoms with Gasteiger partial charge in [-0.25, -0.2) is 0 Å². The van der Waals surface area contributed by atoms with Crippen molar-refractivity contribution < 1.29 is 9.59 Å². The van der Waals surface area contributed by atoms with E-state index in [1.807, 2.05) is 55.5 Å². The van der Waals surface area contributed by atoms with Crippen molar-refractivity contribution in [1.29, 1.82) is 0 Å². The number of rotatable bonds is 7. The second-order valence-electron chi connectivity index (χ2n) is 7.69. The maximum atomic E-state index is 12.7. The molecule has 1 atom stereocenters. The van der Waals surface area contributed by atoms with Gasteiger partial charge in [0, 0.05) is 25.1 Å². The number of nitrogens with zero attached hydrogens (tertiary/aromatic N) is 4. The summed E-state index contributed by atoms with van der Waals surface area (Å²) in [6.45, 7) is 3.08. The Morgan fingerprint density at radius 1 is 1.13 bits per heavy atom. The lowest BCUT2D eigenvalue weighted by Crippen LogP contribution is -2.45. The van der Waals surface area contributed by atoms with Gasteiger partial charge in [-0.15, -0.1) is 10.2 Å². The smallest absolute Gasteiger partial charge is 0.243 e. The summed E-state index contributed by atoms with van der Waals surface area (Å²) in [4.78, 5) is 26.7. The number of tetrazole rings is 1. The van der Waals surface area contributed by atoms with E-state index in [1.54, 1.807) is 4.90 Å². The van der Waals surface area contributed by atoms with E-state index >= 15 is 0 Å². The largest absolute Gasteiger partial charge is 0.350 e. The minimum atomic E-state index is -0.347. The summed E-state index contributed by atoms with van der Waals surface area (Å²) in [5.41, 5.74) is 3.94. The van der Waals surface area contributed by atoms with Crippen LogP contribution in [0.15, 0.2) is 48.5 Å². The number of hydrogen-bond acceptors (Lipinski definition) is 5. The minimum absolute atomic E-state index is 0.0739. The molecule has 8 nitrogen and oxygen atoms in total. The molecule has 0 radical (unpaired) electrons. The van der Waals surface area contributed by atoms with Gasteiger partial charge >= 0.3 is 0 Å². The van der Waals surface area contributed by atoms with Crippen molar-refractivity contribution in [1.82, 2.24) is 30.8 Å². The monoisotopic (exact) mass is 418 g/mol. The second-order valence-corrected chi connectivity index (χ2v) is 7.69. The molecule has 1 fully saturated rings. The molecule has 1 aliphatic rings. The van der Waals surface area contributed by atoms with E-state index in [2.05, 4.69) is 25.9 Å². The molecular formula is C23H26N6O2. The topological polar surface area (TPSA) is 104 Å². The third kappa shape index (κ3) is 4.63. The van der Waals surface area contributed by atoms with E-state index in [9.17, 15) is 9.59 Å². The Labute approximate surface area is 181 Å². The van der Waals surface area contributed by atoms with Gasteiger partial charge in [0.2, 0.25) is 17.6 Å². The van der Waals surface area contributed by atoms with Crippen LogP contribution in [0, 0.1) is 0 Å². The molecule has 2 N–H and O–H groups in total. The van der Waals surface area contributed by atoms with Crippen LogP contribution in [0.3, 0.4) is 0 Å². The van der Waals surface area contributed by atoms with Crippen molar-refractivity contribution in [2.24, 2.45) is 0 Å². The number of aromatic nitrogens is 4. The predicted octanol–water partition coefficient (Wildman–Crippen LogP) is 2.94. The summed E-state index contributed by atoms with van der Waals surface area (Å²) in [5, 5.41) is 17.3. The molecule has 160 valence electrons. The van der Waals surface area contributed by atoms with Crippen LogP contribution < -0.4 is 5.32 Å². The van der Waals surface area contributed by atoms with E-state index in [1.165, 1.54) is 0 Å². The SMILES string of the molecule is CCCC(=O)N1CCCC1C(=O)NCc1ccc(-c2ccccc2-c2nn[nH]n2)cc1. The zero-order valence-corrected chi connectivity index (χ0v) is 17.5. The molecule has 1 saturated heterocycles. The van der Waals surface area contributed by atoms with Crippen LogP contribution in [0.25, 0.3) is 22.5 Å². The third-order valence-electron chi connectivity index (χ3n) is 5.58. The molecule has 2 aromatic carbocycles. The summed E-state index contributed by atoms with van der Waals surface area (Å²) in [5.74, 6) is 0.545. The maximum Gasteiger partial charge on any atom is 0.243 e. The van der Waals surface area contributed by atoms with Gasteiger partial charge in [0.05, 0.1) is 0 Å². The van der Waals surface area contributed by atoms with Crippen LogP contribution in [0.5, 0.6) is 0 Å². The van der Waals surface area contributed by atoms with Gasteiger partial charge in [-0.05, 0) is 41.2 Å². The number of hydrogen-bond donors (Lipinski definition) is 2. The Hall–Kier alpha value is -3.55. The van der Waals surface area contributed by atoms with E-state index < -0.39 is 0 Å². The fourth-order valence-electron chi connectivity index (χ4n) is 4.01. The normalized spacial score (nSPS) is 15.8. The number of benzene rings is 2. The van der Waals surface area contributed by atoms with Gasteiger partial charge in [-0.2, -0.15) is 5.21 Å². The predicted molar refractivity (Wildman–Crippen MR) is 117 cm³/mol. The van der Waals surface area contributed by atoms with Gasteiger partial charge in [0.25, 0.3) is 0 Å². The molecule has 0 bridgehead atoms. The van der Waals surface area contributed by atoms with Crippen LogP contribution in [0.1, 0.15) is 38.2 Å². The van der Waals surface area contributed by atoms with E-state index in [-0.39, 0.29) is 17.9 Å². The number of H-pyrrole nitrogens is 1. The number of carbonyl (C=O) groups excluding carboxylic acids is 2. The Bertz CT molecular complexity index is 1030. The first-order valence-electron chi connectivity index (χ1n) is 10.7. The van der Waals surface area contributed by atoms with Crippen molar-refractivity contribution in [3.63, 3.8) is 0 Å². The highest BCUT2D eigenvalue weighted by atomic mass is 16.2. The molecule has 3 aromatic rings.